The van der Waals surface area contributed by atoms with Gasteiger partial charge in [0.05, 0.1) is 5.69 Å². The van der Waals surface area contributed by atoms with Crippen LogP contribution in [-0.4, -0.2) is 16.5 Å². The zero-order valence-corrected chi connectivity index (χ0v) is 10.3. The summed E-state index contributed by atoms with van der Waals surface area (Å²) in [7, 11) is 0. The Hall–Kier alpha value is -1.90. The Kier molecular flexibility index (Phi) is 3.70. The second-order valence-corrected chi connectivity index (χ2v) is 4.11. The van der Waals surface area contributed by atoms with Crippen LogP contribution in [0.1, 0.15) is 18.9 Å². The average Bonchev–Trinajstić information content (AvgIpc) is 2.37. The van der Waals surface area contributed by atoms with E-state index in [-0.39, 0.29) is 0 Å². The maximum Gasteiger partial charge on any atom is 0.0738 e. The monoisotopic (exact) mass is 227 g/mol. The van der Waals surface area contributed by atoms with Gasteiger partial charge in [-0.25, -0.2) is 0 Å². The second-order valence-electron chi connectivity index (χ2n) is 4.11. The molecule has 88 valence electrons. The molecular weight excluding hydrogens is 210 g/mol. The van der Waals surface area contributed by atoms with Crippen LogP contribution in [0.25, 0.3) is 11.3 Å². The normalized spacial score (nSPS) is 10.2. The predicted molar refractivity (Wildman–Crippen MR) is 71.0 cm³/mol. The highest BCUT2D eigenvalue weighted by Gasteiger charge is 2.01. The largest absolute Gasteiger partial charge is 0.385 e. The molecule has 3 heteroatoms. The third-order valence-corrected chi connectivity index (χ3v) is 2.51. The standard InChI is InChI=1S/C14H17N3/c1-3-5-16-13-4-6-17-14(8-13)12-7-11(2)9-15-10-12/h4,6-10H,3,5H2,1-2H3,(H,16,17). The molecule has 17 heavy (non-hydrogen) atoms. The zero-order chi connectivity index (χ0) is 12.1. The summed E-state index contributed by atoms with van der Waals surface area (Å²) in [4.78, 5) is 8.57. The average molecular weight is 227 g/mol. The van der Waals surface area contributed by atoms with E-state index < -0.39 is 0 Å². The summed E-state index contributed by atoms with van der Waals surface area (Å²) in [5, 5.41) is 3.36. The van der Waals surface area contributed by atoms with Gasteiger partial charge >= 0.3 is 0 Å². The Morgan fingerprint density at radius 1 is 1.24 bits per heavy atom. The first-order chi connectivity index (χ1) is 8.29. The minimum atomic E-state index is 0.960. The highest BCUT2D eigenvalue weighted by Crippen LogP contribution is 2.19. The van der Waals surface area contributed by atoms with Gasteiger partial charge in [0.25, 0.3) is 0 Å². The lowest BCUT2D eigenvalue weighted by molar-refractivity contribution is 0.979. The lowest BCUT2D eigenvalue weighted by Crippen LogP contribution is -2.00. The number of nitrogens with zero attached hydrogens (tertiary/aromatic N) is 2. The van der Waals surface area contributed by atoms with Crippen LogP contribution in [0.5, 0.6) is 0 Å². The Labute approximate surface area is 102 Å². The molecule has 0 unspecified atom stereocenters. The summed E-state index contributed by atoms with van der Waals surface area (Å²) in [6, 6.07) is 6.15. The summed E-state index contributed by atoms with van der Waals surface area (Å²) in [5.74, 6) is 0. The molecule has 0 aliphatic heterocycles. The summed E-state index contributed by atoms with van der Waals surface area (Å²) >= 11 is 0. The maximum absolute atomic E-state index is 4.38. The third kappa shape index (κ3) is 3.03. The van der Waals surface area contributed by atoms with Crippen molar-refractivity contribution in [2.75, 3.05) is 11.9 Å². The molecule has 0 bridgehead atoms. The van der Waals surface area contributed by atoms with Crippen LogP contribution in [0, 0.1) is 6.92 Å². The molecule has 2 heterocycles. The molecule has 0 spiro atoms. The van der Waals surface area contributed by atoms with Crippen LogP contribution in [0.2, 0.25) is 0 Å². The summed E-state index contributed by atoms with van der Waals surface area (Å²) in [6.07, 6.45) is 6.64. The molecule has 0 saturated heterocycles. The van der Waals surface area contributed by atoms with Crippen LogP contribution in [-0.2, 0) is 0 Å². The number of rotatable bonds is 4. The van der Waals surface area contributed by atoms with E-state index in [4.69, 9.17) is 0 Å². The van der Waals surface area contributed by atoms with E-state index in [9.17, 15) is 0 Å². The minimum Gasteiger partial charge on any atom is -0.385 e. The fraction of sp³-hybridized carbons (Fsp3) is 0.286. The minimum absolute atomic E-state index is 0.960. The van der Waals surface area contributed by atoms with Crippen molar-refractivity contribution in [2.45, 2.75) is 20.3 Å². The van der Waals surface area contributed by atoms with Crippen molar-refractivity contribution >= 4 is 5.69 Å². The molecule has 0 amide bonds. The molecule has 0 aromatic carbocycles. The Morgan fingerprint density at radius 3 is 2.88 bits per heavy atom. The molecule has 0 fully saturated rings. The van der Waals surface area contributed by atoms with Crippen molar-refractivity contribution in [3.05, 3.63) is 42.4 Å². The van der Waals surface area contributed by atoms with Crippen LogP contribution in [0.4, 0.5) is 5.69 Å². The first-order valence-electron chi connectivity index (χ1n) is 5.91. The quantitative estimate of drug-likeness (QED) is 0.871. The molecule has 2 aromatic rings. The van der Waals surface area contributed by atoms with E-state index in [2.05, 4.69) is 34.3 Å². The molecule has 2 aromatic heterocycles. The summed E-state index contributed by atoms with van der Waals surface area (Å²) < 4.78 is 0. The van der Waals surface area contributed by atoms with Crippen molar-refractivity contribution in [3.63, 3.8) is 0 Å². The Morgan fingerprint density at radius 2 is 2.12 bits per heavy atom. The molecule has 0 atom stereocenters. The van der Waals surface area contributed by atoms with E-state index in [0.717, 1.165) is 35.5 Å². The Bertz CT molecular complexity index is 494. The highest BCUT2D eigenvalue weighted by atomic mass is 14.9. The van der Waals surface area contributed by atoms with Crippen molar-refractivity contribution < 1.29 is 0 Å². The van der Waals surface area contributed by atoms with E-state index in [0.29, 0.717) is 0 Å². The zero-order valence-electron chi connectivity index (χ0n) is 10.3. The number of pyridine rings is 2. The van der Waals surface area contributed by atoms with Gasteiger partial charge in [-0.05, 0) is 37.1 Å². The van der Waals surface area contributed by atoms with Gasteiger partial charge in [-0.3, -0.25) is 9.97 Å². The number of aromatic nitrogens is 2. The number of hydrogen-bond donors (Lipinski definition) is 1. The first-order valence-corrected chi connectivity index (χ1v) is 5.91. The lowest BCUT2D eigenvalue weighted by Gasteiger charge is -2.07. The van der Waals surface area contributed by atoms with Crippen molar-refractivity contribution in [3.8, 4) is 11.3 Å². The topological polar surface area (TPSA) is 37.8 Å². The number of anilines is 1. The smallest absolute Gasteiger partial charge is 0.0738 e. The molecule has 3 nitrogen and oxygen atoms in total. The second kappa shape index (κ2) is 5.43. The Balaban J connectivity index is 2.26. The van der Waals surface area contributed by atoms with Gasteiger partial charge in [-0.1, -0.05) is 6.92 Å². The van der Waals surface area contributed by atoms with E-state index >= 15 is 0 Å². The molecule has 1 N–H and O–H groups in total. The predicted octanol–water partition coefficient (Wildman–Crippen LogP) is 3.27. The number of hydrogen-bond acceptors (Lipinski definition) is 3. The number of aryl methyl sites for hydroxylation is 1. The van der Waals surface area contributed by atoms with Crippen LogP contribution in [0.15, 0.2) is 36.8 Å². The van der Waals surface area contributed by atoms with Gasteiger partial charge in [0.1, 0.15) is 0 Å². The molecule has 0 radical (unpaired) electrons. The highest BCUT2D eigenvalue weighted by molar-refractivity contribution is 5.63. The van der Waals surface area contributed by atoms with Crippen LogP contribution in [0.3, 0.4) is 0 Å². The maximum atomic E-state index is 4.38. The van der Waals surface area contributed by atoms with Gasteiger partial charge in [0, 0.05) is 36.4 Å². The van der Waals surface area contributed by atoms with Crippen LogP contribution < -0.4 is 5.32 Å². The van der Waals surface area contributed by atoms with Gasteiger partial charge in [-0.15, -0.1) is 0 Å². The van der Waals surface area contributed by atoms with Gasteiger partial charge < -0.3 is 5.32 Å². The van der Waals surface area contributed by atoms with Crippen molar-refractivity contribution in [2.24, 2.45) is 0 Å². The van der Waals surface area contributed by atoms with Gasteiger partial charge in [-0.2, -0.15) is 0 Å². The third-order valence-electron chi connectivity index (χ3n) is 2.51. The summed E-state index contributed by atoms with van der Waals surface area (Å²) in [5.41, 5.74) is 4.28. The van der Waals surface area contributed by atoms with E-state index in [1.165, 1.54) is 0 Å². The first kappa shape index (κ1) is 11.6. The van der Waals surface area contributed by atoms with E-state index in [1.54, 1.807) is 0 Å². The van der Waals surface area contributed by atoms with Gasteiger partial charge in [0.2, 0.25) is 0 Å². The summed E-state index contributed by atoms with van der Waals surface area (Å²) in [6.45, 7) is 5.17. The molecular formula is C14H17N3. The van der Waals surface area contributed by atoms with E-state index in [1.807, 2.05) is 31.6 Å². The van der Waals surface area contributed by atoms with Crippen molar-refractivity contribution in [1.29, 1.82) is 0 Å². The molecule has 0 aliphatic rings. The SMILES string of the molecule is CCCNc1ccnc(-c2cncc(C)c2)c1. The lowest BCUT2D eigenvalue weighted by atomic mass is 10.1. The fourth-order valence-electron chi connectivity index (χ4n) is 1.66. The molecule has 0 saturated carbocycles. The van der Waals surface area contributed by atoms with Crippen molar-refractivity contribution in [1.82, 2.24) is 9.97 Å². The fourth-order valence-corrected chi connectivity index (χ4v) is 1.66. The molecule has 2 rings (SSSR count). The van der Waals surface area contributed by atoms with Gasteiger partial charge in [0.15, 0.2) is 0 Å². The van der Waals surface area contributed by atoms with Crippen LogP contribution >= 0.6 is 0 Å². The molecule has 0 aliphatic carbocycles. The number of nitrogens with one attached hydrogen (secondary N) is 1.